The number of amides is 2. The van der Waals surface area contributed by atoms with E-state index >= 15 is 0 Å². The van der Waals surface area contributed by atoms with Crippen LogP contribution in [0.15, 0.2) is 113 Å². The summed E-state index contributed by atoms with van der Waals surface area (Å²) >= 11 is 1.49. The summed E-state index contributed by atoms with van der Waals surface area (Å²) < 4.78 is 41.0. The fourth-order valence-electron chi connectivity index (χ4n) is 5.02. The van der Waals surface area contributed by atoms with E-state index < -0.39 is 28.5 Å². The van der Waals surface area contributed by atoms with Gasteiger partial charge in [-0.25, -0.2) is 8.42 Å². The summed E-state index contributed by atoms with van der Waals surface area (Å²) in [5.74, 6) is -0.0404. The second kappa shape index (κ2) is 16.2. The largest absolute Gasteiger partial charge is 0.497 e. The van der Waals surface area contributed by atoms with Crippen LogP contribution in [-0.2, 0) is 32.6 Å². The number of likely N-dealkylation sites (N-methyl/N-ethyl adjacent to an activating group) is 1. The van der Waals surface area contributed by atoms with Gasteiger partial charge in [0, 0.05) is 24.9 Å². The van der Waals surface area contributed by atoms with Crippen LogP contribution in [0.1, 0.15) is 18.1 Å². The van der Waals surface area contributed by atoms with Crippen LogP contribution in [0.3, 0.4) is 0 Å². The Hall–Kier alpha value is -4.48. The number of anilines is 1. The van der Waals surface area contributed by atoms with Crippen molar-refractivity contribution in [3.8, 4) is 11.5 Å². The number of hydrogen-bond donors (Lipinski definition) is 1. The van der Waals surface area contributed by atoms with E-state index in [0.717, 1.165) is 14.8 Å². The molecule has 46 heavy (non-hydrogen) atoms. The van der Waals surface area contributed by atoms with E-state index in [0.29, 0.717) is 23.7 Å². The Morgan fingerprint density at radius 2 is 1.57 bits per heavy atom. The van der Waals surface area contributed by atoms with Gasteiger partial charge in [-0.1, -0.05) is 54.6 Å². The van der Waals surface area contributed by atoms with Crippen molar-refractivity contribution >= 4 is 39.3 Å². The third kappa shape index (κ3) is 8.41. The number of rotatable bonds is 15. The molecule has 4 aromatic carbocycles. The van der Waals surface area contributed by atoms with E-state index in [1.54, 1.807) is 68.6 Å². The zero-order chi connectivity index (χ0) is 33.1. The van der Waals surface area contributed by atoms with Crippen molar-refractivity contribution in [2.45, 2.75) is 35.7 Å². The molecule has 0 spiro atoms. The van der Waals surface area contributed by atoms with E-state index in [1.807, 2.05) is 42.7 Å². The van der Waals surface area contributed by atoms with Crippen molar-refractivity contribution in [3.05, 3.63) is 114 Å². The molecular weight excluding hydrogens is 623 g/mol. The number of sulfonamides is 1. The smallest absolute Gasteiger partial charge is 0.264 e. The minimum atomic E-state index is -4.27. The van der Waals surface area contributed by atoms with Gasteiger partial charge in [-0.05, 0) is 72.8 Å². The first-order valence-electron chi connectivity index (χ1n) is 14.8. The molecule has 0 aliphatic rings. The van der Waals surface area contributed by atoms with Crippen molar-refractivity contribution in [1.29, 1.82) is 0 Å². The molecule has 0 saturated heterocycles. The zero-order valence-electron chi connectivity index (χ0n) is 26.4. The first-order valence-corrected chi connectivity index (χ1v) is 17.4. The maximum Gasteiger partial charge on any atom is 0.264 e. The maximum atomic E-state index is 14.5. The van der Waals surface area contributed by atoms with Gasteiger partial charge in [0.15, 0.2) is 0 Å². The second-order valence-corrected chi connectivity index (χ2v) is 13.0. The lowest BCUT2D eigenvalue weighted by Crippen LogP contribution is -2.53. The molecule has 2 amide bonds. The number of nitrogens with one attached hydrogen (secondary N) is 1. The summed E-state index contributed by atoms with van der Waals surface area (Å²) in [6, 6.07) is 28.9. The Morgan fingerprint density at radius 3 is 2.22 bits per heavy atom. The predicted octanol–water partition coefficient (Wildman–Crippen LogP) is 5.40. The van der Waals surface area contributed by atoms with Gasteiger partial charge in [0.05, 0.1) is 24.3 Å². The molecule has 0 heterocycles. The van der Waals surface area contributed by atoms with Gasteiger partial charge in [0.2, 0.25) is 11.8 Å². The Labute approximate surface area is 275 Å². The minimum Gasteiger partial charge on any atom is -0.497 e. The molecule has 0 radical (unpaired) electrons. The fraction of sp³-hybridized carbons (Fsp3) is 0.257. The summed E-state index contributed by atoms with van der Waals surface area (Å²) in [5.41, 5.74) is 1.78. The predicted molar refractivity (Wildman–Crippen MR) is 182 cm³/mol. The van der Waals surface area contributed by atoms with Crippen molar-refractivity contribution < 1.29 is 27.5 Å². The minimum absolute atomic E-state index is 0.0240. The summed E-state index contributed by atoms with van der Waals surface area (Å²) in [5, 5.41) is 2.70. The molecule has 1 unspecified atom stereocenters. The molecule has 1 N–H and O–H groups in total. The van der Waals surface area contributed by atoms with Crippen molar-refractivity contribution in [2.75, 3.05) is 37.9 Å². The number of nitrogens with zero attached hydrogens (tertiary/aromatic N) is 2. The van der Waals surface area contributed by atoms with E-state index in [1.165, 1.54) is 35.8 Å². The Balaban J connectivity index is 1.83. The molecule has 9 nitrogen and oxygen atoms in total. The van der Waals surface area contributed by atoms with E-state index in [2.05, 4.69) is 5.32 Å². The monoisotopic (exact) mass is 661 g/mol. The van der Waals surface area contributed by atoms with Gasteiger partial charge in [-0.15, -0.1) is 11.8 Å². The number of carbonyl (C=O) groups is 2. The third-order valence-corrected chi connectivity index (χ3v) is 9.88. The average molecular weight is 662 g/mol. The van der Waals surface area contributed by atoms with Crippen molar-refractivity contribution in [2.24, 2.45) is 0 Å². The first kappa shape index (κ1) is 34.4. The fourth-order valence-corrected chi connectivity index (χ4v) is 6.85. The topological polar surface area (TPSA) is 105 Å². The lowest BCUT2D eigenvalue weighted by atomic mass is 10.0. The van der Waals surface area contributed by atoms with Crippen LogP contribution >= 0.6 is 11.8 Å². The van der Waals surface area contributed by atoms with Crippen LogP contribution in [0.2, 0.25) is 0 Å². The molecule has 0 aliphatic heterocycles. The van der Waals surface area contributed by atoms with Crippen LogP contribution < -0.4 is 19.1 Å². The second-order valence-electron chi connectivity index (χ2n) is 10.3. The van der Waals surface area contributed by atoms with Crippen LogP contribution in [-0.4, -0.2) is 64.7 Å². The van der Waals surface area contributed by atoms with Crippen molar-refractivity contribution in [1.82, 2.24) is 10.2 Å². The quantitative estimate of drug-likeness (QED) is 0.170. The van der Waals surface area contributed by atoms with Crippen LogP contribution in [0.25, 0.3) is 0 Å². The molecular formula is C35H39N3O6S2. The molecule has 0 bridgehead atoms. The molecule has 4 rings (SSSR count). The third-order valence-electron chi connectivity index (χ3n) is 7.36. The SMILES string of the molecule is CCOc1ccccc1N(CC(=O)N(Cc1cccc(OC)c1)C(Cc1ccccc1)C(=O)NC)S(=O)(=O)c1ccc(SC)cc1. The molecule has 0 aliphatic carbocycles. The molecule has 242 valence electrons. The van der Waals surface area contributed by atoms with Gasteiger partial charge >= 0.3 is 0 Å². The number of para-hydroxylation sites is 2. The molecule has 1 atom stereocenters. The first-order chi connectivity index (χ1) is 22.2. The zero-order valence-corrected chi connectivity index (χ0v) is 28.0. The standard InChI is InChI=1S/C35H39N3O6S2/c1-5-44-33-17-10-9-16-31(33)38(46(41,42)30-20-18-29(45-4)19-21-30)25-34(39)37(24-27-14-11-15-28(22-27)43-3)32(35(40)36-2)23-26-12-7-6-8-13-26/h6-22,32H,5,23-25H2,1-4H3,(H,36,40). The van der Waals surface area contributed by atoms with Gasteiger partial charge < -0.3 is 19.7 Å². The van der Waals surface area contributed by atoms with Crippen LogP contribution in [0.5, 0.6) is 11.5 Å². The van der Waals surface area contributed by atoms with Crippen LogP contribution in [0, 0.1) is 0 Å². The molecule has 0 aromatic heterocycles. The van der Waals surface area contributed by atoms with E-state index in [9.17, 15) is 18.0 Å². The molecule has 0 saturated carbocycles. The number of thioether (sulfide) groups is 1. The number of methoxy groups -OCH3 is 1. The summed E-state index contributed by atoms with van der Waals surface area (Å²) in [6.07, 6.45) is 2.12. The highest BCUT2D eigenvalue weighted by Gasteiger charge is 2.35. The summed E-state index contributed by atoms with van der Waals surface area (Å²) in [6.45, 7) is 1.54. The number of hydrogen-bond acceptors (Lipinski definition) is 7. The van der Waals surface area contributed by atoms with Crippen LogP contribution in [0.4, 0.5) is 5.69 Å². The lowest BCUT2D eigenvalue weighted by molar-refractivity contribution is -0.139. The number of benzene rings is 4. The summed E-state index contributed by atoms with van der Waals surface area (Å²) in [7, 11) is -1.20. The highest BCUT2D eigenvalue weighted by atomic mass is 32.2. The van der Waals surface area contributed by atoms with Crippen molar-refractivity contribution in [3.63, 3.8) is 0 Å². The lowest BCUT2D eigenvalue weighted by Gasteiger charge is -2.34. The number of carbonyl (C=O) groups excluding carboxylic acids is 2. The Bertz CT molecular complexity index is 1720. The maximum absolute atomic E-state index is 14.5. The average Bonchev–Trinajstić information content (AvgIpc) is 3.09. The Kier molecular flexibility index (Phi) is 12.1. The highest BCUT2D eigenvalue weighted by Crippen LogP contribution is 2.33. The van der Waals surface area contributed by atoms with Gasteiger partial charge in [0.25, 0.3) is 10.0 Å². The highest BCUT2D eigenvalue weighted by molar-refractivity contribution is 7.98. The Morgan fingerprint density at radius 1 is 0.891 bits per heavy atom. The van der Waals surface area contributed by atoms with E-state index in [-0.39, 0.29) is 29.5 Å². The molecule has 4 aromatic rings. The summed E-state index contributed by atoms with van der Waals surface area (Å²) in [4.78, 5) is 30.4. The van der Waals surface area contributed by atoms with Gasteiger partial charge in [-0.2, -0.15) is 0 Å². The number of ether oxygens (including phenoxy) is 2. The van der Waals surface area contributed by atoms with Gasteiger partial charge in [0.1, 0.15) is 24.1 Å². The van der Waals surface area contributed by atoms with E-state index in [4.69, 9.17) is 9.47 Å². The van der Waals surface area contributed by atoms with Gasteiger partial charge in [-0.3, -0.25) is 13.9 Å². The molecule has 0 fully saturated rings. The molecule has 11 heteroatoms. The normalized spacial score (nSPS) is 11.7.